The Labute approximate surface area is 160 Å². The quantitative estimate of drug-likeness (QED) is 0.543. The molecular weight excluding hydrogens is 344 g/mol. The number of hydrogen-bond donors (Lipinski definition) is 1. The van der Waals surface area contributed by atoms with E-state index in [1.54, 1.807) is 25.3 Å². The van der Waals surface area contributed by atoms with Crippen LogP contribution in [0.1, 0.15) is 22.3 Å². The standard InChI is InChI=1S/C21H26N2O4/c1-16-10-11-17(14-19(16)26-3)21(25)27-15-20(24)22-12-7-13-23(2)18-8-5-4-6-9-18/h4-6,8-11,14H,7,12-13,15H2,1-3H3,(H,22,24). The van der Waals surface area contributed by atoms with Gasteiger partial charge in [-0.1, -0.05) is 24.3 Å². The van der Waals surface area contributed by atoms with E-state index in [2.05, 4.69) is 10.2 Å². The highest BCUT2D eigenvalue weighted by molar-refractivity contribution is 5.91. The van der Waals surface area contributed by atoms with Gasteiger partial charge in [-0.3, -0.25) is 4.79 Å². The lowest BCUT2D eigenvalue weighted by Crippen LogP contribution is -2.31. The van der Waals surface area contributed by atoms with Crippen LogP contribution in [-0.4, -0.2) is 45.7 Å². The van der Waals surface area contributed by atoms with Crippen molar-refractivity contribution in [2.75, 3.05) is 38.8 Å². The van der Waals surface area contributed by atoms with Gasteiger partial charge < -0.3 is 19.7 Å². The molecule has 2 aromatic rings. The van der Waals surface area contributed by atoms with E-state index in [1.807, 2.05) is 44.3 Å². The molecule has 1 N–H and O–H groups in total. The predicted octanol–water partition coefficient (Wildman–Crippen LogP) is 2.80. The summed E-state index contributed by atoms with van der Waals surface area (Å²) in [5.74, 6) is -0.256. The second-order valence-electron chi connectivity index (χ2n) is 6.22. The molecule has 0 aromatic heterocycles. The van der Waals surface area contributed by atoms with Crippen molar-refractivity contribution in [3.8, 4) is 5.75 Å². The number of esters is 1. The van der Waals surface area contributed by atoms with Crippen LogP contribution in [0, 0.1) is 6.92 Å². The minimum Gasteiger partial charge on any atom is -0.496 e. The molecule has 0 fully saturated rings. The summed E-state index contributed by atoms with van der Waals surface area (Å²) in [6.07, 6.45) is 0.792. The molecule has 144 valence electrons. The molecule has 2 rings (SSSR count). The van der Waals surface area contributed by atoms with Crippen molar-refractivity contribution < 1.29 is 19.1 Å². The molecule has 2 aromatic carbocycles. The van der Waals surface area contributed by atoms with Crippen LogP contribution in [0.15, 0.2) is 48.5 Å². The third-order valence-corrected chi connectivity index (χ3v) is 4.17. The normalized spacial score (nSPS) is 10.2. The Morgan fingerprint density at radius 2 is 1.85 bits per heavy atom. The SMILES string of the molecule is COc1cc(C(=O)OCC(=O)NCCCN(C)c2ccccc2)ccc1C. The van der Waals surface area contributed by atoms with Crippen LogP contribution in [0.3, 0.4) is 0 Å². The van der Waals surface area contributed by atoms with Crippen LogP contribution in [0.25, 0.3) is 0 Å². The number of para-hydroxylation sites is 1. The van der Waals surface area contributed by atoms with Crippen molar-refractivity contribution in [1.82, 2.24) is 5.32 Å². The Kier molecular flexibility index (Phi) is 7.67. The molecule has 27 heavy (non-hydrogen) atoms. The number of ether oxygens (including phenoxy) is 2. The lowest BCUT2D eigenvalue weighted by atomic mass is 10.1. The summed E-state index contributed by atoms with van der Waals surface area (Å²) in [6, 6.07) is 15.1. The number of nitrogens with one attached hydrogen (secondary N) is 1. The fourth-order valence-electron chi connectivity index (χ4n) is 2.57. The summed E-state index contributed by atoms with van der Waals surface area (Å²) in [4.78, 5) is 26.0. The first-order valence-electron chi connectivity index (χ1n) is 8.86. The fraction of sp³-hybridized carbons (Fsp3) is 0.333. The van der Waals surface area contributed by atoms with Gasteiger partial charge in [0.25, 0.3) is 5.91 Å². The van der Waals surface area contributed by atoms with Crippen LogP contribution < -0.4 is 15.0 Å². The summed E-state index contributed by atoms with van der Waals surface area (Å²) < 4.78 is 10.2. The van der Waals surface area contributed by atoms with Crippen molar-refractivity contribution >= 4 is 17.6 Å². The molecule has 0 spiro atoms. The summed E-state index contributed by atoms with van der Waals surface area (Å²) >= 11 is 0. The molecule has 0 aliphatic heterocycles. The minimum atomic E-state index is -0.549. The molecule has 0 aliphatic carbocycles. The van der Waals surface area contributed by atoms with E-state index >= 15 is 0 Å². The maximum Gasteiger partial charge on any atom is 0.338 e. The molecular formula is C21H26N2O4. The first kappa shape index (κ1) is 20.3. The highest BCUT2D eigenvalue weighted by atomic mass is 16.5. The number of nitrogens with zero attached hydrogens (tertiary/aromatic N) is 1. The third-order valence-electron chi connectivity index (χ3n) is 4.17. The van der Waals surface area contributed by atoms with Crippen LogP contribution in [0.4, 0.5) is 5.69 Å². The van der Waals surface area contributed by atoms with Gasteiger partial charge in [-0.2, -0.15) is 0 Å². The monoisotopic (exact) mass is 370 g/mol. The van der Waals surface area contributed by atoms with Gasteiger partial charge in [-0.15, -0.1) is 0 Å². The topological polar surface area (TPSA) is 67.9 Å². The first-order valence-corrected chi connectivity index (χ1v) is 8.86. The van der Waals surface area contributed by atoms with Gasteiger partial charge in [0.15, 0.2) is 6.61 Å². The Balaban J connectivity index is 1.68. The molecule has 0 atom stereocenters. The van der Waals surface area contributed by atoms with Gasteiger partial charge in [0, 0.05) is 25.8 Å². The summed E-state index contributed by atoms with van der Waals surface area (Å²) in [5, 5.41) is 2.76. The lowest BCUT2D eigenvalue weighted by molar-refractivity contribution is -0.124. The van der Waals surface area contributed by atoms with Gasteiger partial charge in [-0.05, 0) is 43.2 Å². The number of rotatable bonds is 9. The average Bonchev–Trinajstić information content (AvgIpc) is 2.70. The average molecular weight is 370 g/mol. The number of carbonyl (C=O) groups is 2. The zero-order valence-electron chi connectivity index (χ0n) is 16.0. The van der Waals surface area contributed by atoms with E-state index in [0.29, 0.717) is 17.9 Å². The summed E-state index contributed by atoms with van der Waals surface area (Å²) in [7, 11) is 3.55. The number of carbonyl (C=O) groups excluding carboxylic acids is 2. The Morgan fingerprint density at radius 1 is 1.11 bits per heavy atom. The molecule has 0 aliphatic rings. The summed E-state index contributed by atoms with van der Waals surface area (Å²) in [5.41, 5.74) is 2.41. The van der Waals surface area contributed by atoms with E-state index in [9.17, 15) is 9.59 Å². The van der Waals surface area contributed by atoms with Crippen LogP contribution in [0.5, 0.6) is 5.75 Å². The highest BCUT2D eigenvalue weighted by Crippen LogP contribution is 2.19. The maximum atomic E-state index is 12.0. The van der Waals surface area contributed by atoms with Gasteiger partial charge in [0.05, 0.1) is 12.7 Å². The van der Waals surface area contributed by atoms with Crippen molar-refractivity contribution in [2.24, 2.45) is 0 Å². The summed E-state index contributed by atoms with van der Waals surface area (Å²) in [6.45, 7) is 2.92. The number of methoxy groups -OCH3 is 1. The van der Waals surface area contributed by atoms with Gasteiger partial charge in [-0.25, -0.2) is 4.79 Å². The van der Waals surface area contributed by atoms with E-state index < -0.39 is 5.97 Å². The number of aryl methyl sites for hydroxylation is 1. The molecule has 0 bridgehead atoms. The van der Waals surface area contributed by atoms with E-state index in [1.165, 1.54) is 0 Å². The van der Waals surface area contributed by atoms with Crippen LogP contribution >= 0.6 is 0 Å². The lowest BCUT2D eigenvalue weighted by Gasteiger charge is -2.19. The smallest absolute Gasteiger partial charge is 0.338 e. The van der Waals surface area contributed by atoms with Gasteiger partial charge in [0.2, 0.25) is 0 Å². The Hall–Kier alpha value is -3.02. The molecule has 0 unspecified atom stereocenters. The van der Waals surface area contributed by atoms with E-state index in [-0.39, 0.29) is 12.5 Å². The molecule has 0 saturated heterocycles. The van der Waals surface area contributed by atoms with Crippen molar-refractivity contribution in [3.05, 3.63) is 59.7 Å². The molecule has 0 heterocycles. The molecule has 1 amide bonds. The Morgan fingerprint density at radius 3 is 2.56 bits per heavy atom. The first-order chi connectivity index (χ1) is 13.0. The Bertz CT molecular complexity index is 762. The minimum absolute atomic E-state index is 0.302. The maximum absolute atomic E-state index is 12.0. The van der Waals surface area contributed by atoms with Crippen molar-refractivity contribution in [1.29, 1.82) is 0 Å². The highest BCUT2D eigenvalue weighted by Gasteiger charge is 2.12. The van der Waals surface area contributed by atoms with Crippen molar-refractivity contribution in [3.63, 3.8) is 0 Å². The number of hydrogen-bond acceptors (Lipinski definition) is 5. The van der Waals surface area contributed by atoms with Gasteiger partial charge >= 0.3 is 5.97 Å². The van der Waals surface area contributed by atoms with Crippen LogP contribution in [-0.2, 0) is 9.53 Å². The zero-order valence-corrected chi connectivity index (χ0v) is 16.0. The molecule has 0 radical (unpaired) electrons. The molecule has 6 heteroatoms. The third kappa shape index (κ3) is 6.33. The fourth-order valence-corrected chi connectivity index (χ4v) is 2.57. The number of benzene rings is 2. The second-order valence-corrected chi connectivity index (χ2v) is 6.22. The second kappa shape index (κ2) is 10.2. The van der Waals surface area contributed by atoms with Crippen molar-refractivity contribution in [2.45, 2.75) is 13.3 Å². The largest absolute Gasteiger partial charge is 0.496 e. The van der Waals surface area contributed by atoms with E-state index in [0.717, 1.165) is 24.2 Å². The number of amides is 1. The van der Waals surface area contributed by atoms with Crippen LogP contribution in [0.2, 0.25) is 0 Å². The number of anilines is 1. The zero-order chi connectivity index (χ0) is 19.6. The van der Waals surface area contributed by atoms with E-state index in [4.69, 9.17) is 9.47 Å². The predicted molar refractivity (Wildman–Crippen MR) is 105 cm³/mol. The molecule has 0 saturated carbocycles. The van der Waals surface area contributed by atoms with Gasteiger partial charge in [0.1, 0.15) is 5.75 Å². The molecule has 6 nitrogen and oxygen atoms in total.